The van der Waals surface area contributed by atoms with Crippen LogP contribution in [-0.4, -0.2) is 13.1 Å². The molecule has 1 rings (SSSR count). The topological polar surface area (TPSA) is 12.0 Å². The Morgan fingerprint density at radius 3 is 2.26 bits per heavy atom. The van der Waals surface area contributed by atoms with E-state index in [0.29, 0.717) is 5.41 Å². The first-order valence-electron chi connectivity index (χ1n) is 8.85. The summed E-state index contributed by atoms with van der Waals surface area (Å²) in [7, 11) is 0. The van der Waals surface area contributed by atoms with Gasteiger partial charge in [0.2, 0.25) is 0 Å². The standard InChI is InChI=1S/C18H37N/c1-4-5-9-13-18(2,3)14-10-7-6-8-11-17-12-15-19-16-17/h17,19H,4-16H2,1-3H3. The highest BCUT2D eigenvalue weighted by Gasteiger charge is 2.16. The Labute approximate surface area is 121 Å². The molecule has 0 bridgehead atoms. The Kier molecular flexibility index (Phi) is 8.77. The van der Waals surface area contributed by atoms with Crippen LogP contribution in [0, 0.1) is 11.3 Å². The average Bonchev–Trinajstić information content (AvgIpc) is 2.87. The maximum Gasteiger partial charge on any atom is -0.00200 e. The van der Waals surface area contributed by atoms with Crippen LogP contribution in [0.4, 0.5) is 0 Å². The molecule has 1 nitrogen and oxygen atoms in total. The van der Waals surface area contributed by atoms with Crippen LogP contribution in [0.15, 0.2) is 0 Å². The lowest BCUT2D eigenvalue weighted by Gasteiger charge is -2.24. The Bertz CT molecular complexity index is 204. The largest absolute Gasteiger partial charge is 0.316 e. The number of unbranched alkanes of at least 4 members (excludes halogenated alkanes) is 5. The van der Waals surface area contributed by atoms with Gasteiger partial charge in [-0.05, 0) is 50.1 Å². The molecular formula is C18H37N. The molecule has 0 saturated carbocycles. The maximum atomic E-state index is 3.47. The first-order chi connectivity index (χ1) is 9.14. The molecule has 1 aliphatic heterocycles. The minimum atomic E-state index is 0.588. The molecule has 0 aromatic carbocycles. The highest BCUT2D eigenvalue weighted by atomic mass is 14.9. The summed E-state index contributed by atoms with van der Waals surface area (Å²) in [5, 5.41) is 3.47. The van der Waals surface area contributed by atoms with Crippen molar-refractivity contribution in [1.82, 2.24) is 5.32 Å². The molecule has 0 aliphatic carbocycles. The Balaban J connectivity index is 1.91. The fraction of sp³-hybridized carbons (Fsp3) is 1.00. The van der Waals surface area contributed by atoms with Crippen LogP contribution in [0.5, 0.6) is 0 Å². The molecule has 0 radical (unpaired) electrons. The molecule has 1 unspecified atom stereocenters. The van der Waals surface area contributed by atoms with Crippen LogP contribution in [0.25, 0.3) is 0 Å². The normalized spacial score (nSPS) is 20.1. The summed E-state index contributed by atoms with van der Waals surface area (Å²) in [6.07, 6.45) is 15.8. The first-order valence-corrected chi connectivity index (χ1v) is 8.85. The molecule has 1 atom stereocenters. The highest BCUT2D eigenvalue weighted by Crippen LogP contribution is 2.30. The van der Waals surface area contributed by atoms with Gasteiger partial charge in [0.15, 0.2) is 0 Å². The van der Waals surface area contributed by atoms with Crippen molar-refractivity contribution in [2.75, 3.05) is 13.1 Å². The zero-order valence-corrected chi connectivity index (χ0v) is 13.8. The lowest BCUT2D eigenvalue weighted by atomic mass is 9.82. The third kappa shape index (κ3) is 8.68. The summed E-state index contributed by atoms with van der Waals surface area (Å²) in [4.78, 5) is 0. The molecule has 1 heteroatoms. The van der Waals surface area contributed by atoms with Crippen molar-refractivity contribution in [2.24, 2.45) is 11.3 Å². The molecule has 0 aromatic rings. The van der Waals surface area contributed by atoms with Crippen molar-refractivity contribution in [2.45, 2.75) is 91.4 Å². The van der Waals surface area contributed by atoms with Crippen LogP contribution < -0.4 is 5.32 Å². The van der Waals surface area contributed by atoms with E-state index in [9.17, 15) is 0 Å². The van der Waals surface area contributed by atoms with Gasteiger partial charge in [0.25, 0.3) is 0 Å². The Hall–Kier alpha value is -0.0400. The van der Waals surface area contributed by atoms with Crippen LogP contribution in [0.1, 0.15) is 91.4 Å². The average molecular weight is 268 g/mol. The summed E-state index contributed by atoms with van der Waals surface area (Å²) >= 11 is 0. The predicted molar refractivity (Wildman–Crippen MR) is 86.6 cm³/mol. The van der Waals surface area contributed by atoms with E-state index in [0.717, 1.165) is 5.92 Å². The van der Waals surface area contributed by atoms with Gasteiger partial charge in [-0.1, -0.05) is 65.7 Å². The van der Waals surface area contributed by atoms with Crippen molar-refractivity contribution in [3.63, 3.8) is 0 Å². The second-order valence-corrected chi connectivity index (χ2v) is 7.43. The summed E-state index contributed by atoms with van der Waals surface area (Å²) in [6, 6.07) is 0. The van der Waals surface area contributed by atoms with E-state index in [4.69, 9.17) is 0 Å². The van der Waals surface area contributed by atoms with Crippen molar-refractivity contribution in [3.8, 4) is 0 Å². The summed E-state index contributed by atoms with van der Waals surface area (Å²) < 4.78 is 0. The minimum Gasteiger partial charge on any atom is -0.316 e. The third-order valence-electron chi connectivity index (χ3n) is 4.84. The summed E-state index contributed by atoms with van der Waals surface area (Å²) in [6.45, 7) is 9.77. The van der Waals surface area contributed by atoms with Gasteiger partial charge in [0.05, 0.1) is 0 Å². The van der Waals surface area contributed by atoms with Crippen LogP contribution in [0.3, 0.4) is 0 Å². The van der Waals surface area contributed by atoms with Crippen molar-refractivity contribution in [3.05, 3.63) is 0 Å². The smallest absolute Gasteiger partial charge is 0.00200 e. The summed E-state index contributed by atoms with van der Waals surface area (Å²) in [5.41, 5.74) is 0.588. The SMILES string of the molecule is CCCCCC(C)(C)CCCCCCC1CCNC1. The van der Waals surface area contributed by atoms with Gasteiger partial charge in [-0.25, -0.2) is 0 Å². The fourth-order valence-corrected chi connectivity index (χ4v) is 3.33. The first kappa shape index (κ1) is 17.0. The lowest BCUT2D eigenvalue weighted by molar-refractivity contribution is 0.283. The molecule has 0 spiro atoms. The predicted octanol–water partition coefficient (Wildman–Crippen LogP) is 5.54. The number of hydrogen-bond donors (Lipinski definition) is 1. The van der Waals surface area contributed by atoms with Crippen LogP contribution in [-0.2, 0) is 0 Å². The molecule has 1 N–H and O–H groups in total. The van der Waals surface area contributed by atoms with E-state index in [1.165, 1.54) is 83.7 Å². The van der Waals surface area contributed by atoms with E-state index in [1.807, 2.05) is 0 Å². The van der Waals surface area contributed by atoms with Gasteiger partial charge >= 0.3 is 0 Å². The Morgan fingerprint density at radius 2 is 1.63 bits per heavy atom. The quantitative estimate of drug-likeness (QED) is 0.484. The van der Waals surface area contributed by atoms with E-state index >= 15 is 0 Å². The Morgan fingerprint density at radius 1 is 0.947 bits per heavy atom. The van der Waals surface area contributed by atoms with Crippen molar-refractivity contribution in [1.29, 1.82) is 0 Å². The van der Waals surface area contributed by atoms with Gasteiger partial charge in [-0.3, -0.25) is 0 Å². The van der Waals surface area contributed by atoms with Gasteiger partial charge in [0, 0.05) is 0 Å². The van der Waals surface area contributed by atoms with Crippen molar-refractivity contribution < 1.29 is 0 Å². The second-order valence-electron chi connectivity index (χ2n) is 7.43. The van der Waals surface area contributed by atoms with Gasteiger partial charge in [-0.15, -0.1) is 0 Å². The summed E-state index contributed by atoms with van der Waals surface area (Å²) in [5.74, 6) is 0.991. The molecule has 19 heavy (non-hydrogen) atoms. The monoisotopic (exact) mass is 267 g/mol. The van der Waals surface area contributed by atoms with Gasteiger partial charge in [0.1, 0.15) is 0 Å². The molecule has 114 valence electrons. The van der Waals surface area contributed by atoms with Gasteiger partial charge < -0.3 is 5.32 Å². The molecule has 0 aromatic heterocycles. The van der Waals surface area contributed by atoms with Gasteiger partial charge in [-0.2, -0.15) is 0 Å². The van der Waals surface area contributed by atoms with Crippen molar-refractivity contribution >= 4 is 0 Å². The third-order valence-corrected chi connectivity index (χ3v) is 4.84. The maximum absolute atomic E-state index is 3.47. The second kappa shape index (κ2) is 9.80. The highest BCUT2D eigenvalue weighted by molar-refractivity contribution is 4.71. The number of hydrogen-bond acceptors (Lipinski definition) is 1. The zero-order valence-electron chi connectivity index (χ0n) is 13.8. The fourth-order valence-electron chi connectivity index (χ4n) is 3.33. The number of rotatable bonds is 11. The molecule has 1 heterocycles. The molecule has 1 saturated heterocycles. The number of nitrogens with one attached hydrogen (secondary N) is 1. The molecular weight excluding hydrogens is 230 g/mol. The molecule has 1 aliphatic rings. The van der Waals surface area contributed by atoms with E-state index in [-0.39, 0.29) is 0 Å². The minimum absolute atomic E-state index is 0.588. The van der Waals surface area contributed by atoms with E-state index in [1.54, 1.807) is 0 Å². The zero-order chi connectivity index (χ0) is 14.0. The molecule has 0 amide bonds. The van der Waals surface area contributed by atoms with Crippen LogP contribution in [0.2, 0.25) is 0 Å². The lowest BCUT2D eigenvalue weighted by Crippen LogP contribution is -2.11. The van der Waals surface area contributed by atoms with Crippen LogP contribution >= 0.6 is 0 Å². The van der Waals surface area contributed by atoms with E-state index in [2.05, 4.69) is 26.1 Å². The van der Waals surface area contributed by atoms with E-state index < -0.39 is 0 Å². The molecule has 1 fully saturated rings.